The van der Waals surface area contributed by atoms with Gasteiger partial charge in [0.2, 0.25) is 5.91 Å². The lowest BCUT2D eigenvalue weighted by molar-refractivity contribution is -0.120. The minimum Gasteiger partial charge on any atom is -0.326 e. The molecule has 4 N–H and O–H groups in total. The molecule has 0 fully saturated rings. The van der Waals surface area contributed by atoms with Gasteiger partial charge in [0.1, 0.15) is 0 Å². The van der Waals surface area contributed by atoms with Crippen LogP contribution in [0, 0.1) is 5.92 Å². The maximum Gasteiger partial charge on any atom is 0.227 e. The maximum atomic E-state index is 12.4. The van der Waals surface area contributed by atoms with Gasteiger partial charge in [-0.2, -0.15) is 0 Å². The topological polar surface area (TPSA) is 67.2 Å². The molecule has 1 unspecified atom stereocenters. The average Bonchev–Trinajstić information content (AvgIpc) is 2.71. The van der Waals surface area contributed by atoms with Crippen molar-refractivity contribution in [2.75, 3.05) is 5.32 Å². The first kappa shape index (κ1) is 21.1. The minimum absolute atomic E-state index is 0.0769. The zero-order valence-electron chi connectivity index (χ0n) is 16.1. The van der Waals surface area contributed by atoms with E-state index in [1.165, 1.54) is 0 Å². The molecule has 0 radical (unpaired) electrons. The molecule has 0 heterocycles. The third kappa shape index (κ3) is 6.77. The maximum absolute atomic E-state index is 12.4. The lowest BCUT2D eigenvalue weighted by Crippen LogP contribution is -2.22. The zero-order chi connectivity index (χ0) is 19.5. The number of hydrogen-bond donors (Lipinski definition) is 3. The summed E-state index contributed by atoms with van der Waals surface area (Å²) in [5.74, 6) is 5.87. The van der Waals surface area contributed by atoms with Gasteiger partial charge in [-0.3, -0.25) is 10.6 Å². The summed E-state index contributed by atoms with van der Waals surface area (Å²) in [6.45, 7) is 4.22. The molecule has 0 aliphatic rings. The lowest BCUT2D eigenvalue weighted by Gasteiger charge is -2.15. The number of rotatable bonds is 10. The number of hydrazine groups is 1. The van der Waals surface area contributed by atoms with Gasteiger partial charge < -0.3 is 10.7 Å². The Balaban J connectivity index is 2.01. The van der Waals surface area contributed by atoms with E-state index in [1.54, 1.807) is 11.8 Å². The summed E-state index contributed by atoms with van der Waals surface area (Å²) in [6.07, 6.45) is 4.00. The number of thioether (sulfide) groups is 1. The van der Waals surface area contributed by atoms with Crippen LogP contribution in [0.15, 0.2) is 64.9 Å². The van der Waals surface area contributed by atoms with Gasteiger partial charge in [0.05, 0.1) is 5.70 Å². The highest BCUT2D eigenvalue weighted by Gasteiger charge is 2.15. The highest BCUT2D eigenvalue weighted by Crippen LogP contribution is 2.24. The van der Waals surface area contributed by atoms with Crippen molar-refractivity contribution in [1.82, 2.24) is 5.43 Å². The van der Waals surface area contributed by atoms with Gasteiger partial charge in [-0.25, -0.2) is 0 Å². The molecule has 27 heavy (non-hydrogen) atoms. The number of carbonyl (C=O) groups excluding carboxylic acids is 1. The molecule has 144 valence electrons. The quantitative estimate of drug-likeness (QED) is 0.292. The molecule has 2 aromatic rings. The Morgan fingerprint density at radius 2 is 1.81 bits per heavy atom. The normalized spacial score (nSPS) is 12.5. The number of nitrogens with two attached hydrogens (primary N) is 1. The molecule has 5 heteroatoms. The molecule has 4 nitrogen and oxygen atoms in total. The van der Waals surface area contributed by atoms with Crippen molar-refractivity contribution in [2.24, 2.45) is 11.8 Å². The van der Waals surface area contributed by atoms with Crippen LogP contribution < -0.4 is 16.6 Å². The molecule has 2 aromatic carbocycles. The molecule has 0 spiro atoms. The van der Waals surface area contributed by atoms with Crippen LogP contribution in [0.1, 0.15) is 45.1 Å². The van der Waals surface area contributed by atoms with Crippen molar-refractivity contribution >= 4 is 29.1 Å². The Bertz CT molecular complexity index is 729. The van der Waals surface area contributed by atoms with Gasteiger partial charge in [0.15, 0.2) is 0 Å². The molecule has 0 saturated heterocycles. The first-order valence-electron chi connectivity index (χ1n) is 9.47. The Hall–Kier alpha value is -2.24. The van der Waals surface area contributed by atoms with Crippen LogP contribution in [0.25, 0.3) is 5.70 Å². The smallest absolute Gasteiger partial charge is 0.227 e. The highest BCUT2D eigenvalue weighted by molar-refractivity contribution is 8.02. The van der Waals surface area contributed by atoms with Gasteiger partial charge in [0.25, 0.3) is 0 Å². The van der Waals surface area contributed by atoms with E-state index in [-0.39, 0.29) is 11.8 Å². The van der Waals surface area contributed by atoms with Crippen LogP contribution in [0.3, 0.4) is 0 Å². The molecule has 0 aliphatic carbocycles. The number of anilines is 1. The SMILES string of the molecule is CCCCC(CC)C(=O)Nc1ccc(/C(=C/Sc2ccccc2)NN)cc1. The Morgan fingerprint density at radius 3 is 2.41 bits per heavy atom. The number of unbranched alkanes of at least 4 members (excludes halogenated alkanes) is 1. The van der Waals surface area contributed by atoms with E-state index in [0.29, 0.717) is 0 Å². The van der Waals surface area contributed by atoms with Crippen molar-refractivity contribution in [1.29, 1.82) is 0 Å². The van der Waals surface area contributed by atoms with Crippen LogP contribution in [-0.4, -0.2) is 5.91 Å². The molecular weight excluding hydrogens is 354 g/mol. The highest BCUT2D eigenvalue weighted by atomic mass is 32.2. The van der Waals surface area contributed by atoms with Crippen molar-refractivity contribution in [3.63, 3.8) is 0 Å². The van der Waals surface area contributed by atoms with Crippen LogP contribution >= 0.6 is 11.8 Å². The van der Waals surface area contributed by atoms with Gasteiger partial charge in [-0.05, 0) is 42.7 Å². The average molecular weight is 384 g/mol. The summed E-state index contributed by atoms with van der Waals surface area (Å²) >= 11 is 1.60. The van der Waals surface area contributed by atoms with Crippen molar-refractivity contribution in [3.8, 4) is 0 Å². The van der Waals surface area contributed by atoms with E-state index in [1.807, 2.05) is 47.9 Å². The summed E-state index contributed by atoms with van der Waals surface area (Å²) in [4.78, 5) is 13.6. The van der Waals surface area contributed by atoms with Crippen LogP contribution in [0.4, 0.5) is 5.69 Å². The standard InChI is InChI=1S/C22H29N3OS/c1-3-5-9-17(4-2)22(26)24-19-14-12-18(13-15-19)21(25-23)16-27-20-10-7-6-8-11-20/h6-8,10-17,25H,3-5,9,23H2,1-2H3,(H,24,26)/b21-16-. The molecule has 0 aliphatic heterocycles. The van der Waals surface area contributed by atoms with Crippen LogP contribution in [-0.2, 0) is 4.79 Å². The largest absolute Gasteiger partial charge is 0.326 e. The lowest BCUT2D eigenvalue weighted by atomic mass is 9.98. The summed E-state index contributed by atoms with van der Waals surface area (Å²) in [5, 5.41) is 5.02. The Labute approximate surface area is 166 Å². The molecule has 0 saturated carbocycles. The number of benzene rings is 2. The Morgan fingerprint density at radius 1 is 1.11 bits per heavy atom. The number of nitrogens with one attached hydrogen (secondary N) is 2. The van der Waals surface area contributed by atoms with E-state index < -0.39 is 0 Å². The van der Waals surface area contributed by atoms with E-state index in [9.17, 15) is 4.79 Å². The molecule has 1 atom stereocenters. The summed E-state index contributed by atoms with van der Waals surface area (Å²) in [7, 11) is 0. The molecule has 0 bridgehead atoms. The van der Waals surface area contributed by atoms with Crippen molar-refractivity contribution in [2.45, 2.75) is 44.4 Å². The number of amides is 1. The summed E-state index contributed by atoms with van der Waals surface area (Å²) < 4.78 is 0. The molecule has 2 rings (SSSR count). The second-order valence-electron chi connectivity index (χ2n) is 6.42. The fourth-order valence-corrected chi connectivity index (χ4v) is 3.53. The van der Waals surface area contributed by atoms with Gasteiger partial charge in [-0.1, -0.05) is 68.8 Å². The number of hydrogen-bond acceptors (Lipinski definition) is 4. The first-order valence-corrected chi connectivity index (χ1v) is 10.4. The predicted octanol–water partition coefficient (Wildman–Crippen LogP) is 5.40. The van der Waals surface area contributed by atoms with Gasteiger partial charge in [0, 0.05) is 21.9 Å². The van der Waals surface area contributed by atoms with Gasteiger partial charge in [-0.15, -0.1) is 0 Å². The summed E-state index contributed by atoms with van der Waals surface area (Å²) in [5.41, 5.74) is 5.36. The van der Waals surface area contributed by atoms with E-state index in [4.69, 9.17) is 5.84 Å². The van der Waals surface area contributed by atoms with Gasteiger partial charge >= 0.3 is 0 Å². The van der Waals surface area contributed by atoms with Crippen LogP contribution in [0.2, 0.25) is 0 Å². The monoisotopic (exact) mass is 383 g/mol. The predicted molar refractivity (Wildman–Crippen MR) is 116 cm³/mol. The third-order valence-corrected chi connectivity index (χ3v) is 5.34. The molecular formula is C22H29N3OS. The van der Waals surface area contributed by atoms with E-state index in [0.717, 1.165) is 47.5 Å². The molecule has 0 aromatic heterocycles. The second kappa shape index (κ2) is 11.5. The Kier molecular flexibility index (Phi) is 8.95. The number of carbonyl (C=O) groups is 1. The second-order valence-corrected chi connectivity index (χ2v) is 7.36. The fourth-order valence-electron chi connectivity index (χ4n) is 2.76. The van der Waals surface area contributed by atoms with E-state index >= 15 is 0 Å². The van der Waals surface area contributed by atoms with Crippen molar-refractivity contribution in [3.05, 3.63) is 65.6 Å². The van der Waals surface area contributed by atoms with E-state index in [2.05, 4.69) is 36.7 Å². The van der Waals surface area contributed by atoms with Crippen molar-refractivity contribution < 1.29 is 4.79 Å². The fraction of sp³-hybridized carbons (Fsp3) is 0.318. The zero-order valence-corrected chi connectivity index (χ0v) is 16.9. The van der Waals surface area contributed by atoms with Crippen LogP contribution in [0.5, 0.6) is 0 Å². The molecule has 1 amide bonds. The first-order chi connectivity index (χ1) is 13.2. The minimum atomic E-state index is 0.0769. The summed E-state index contributed by atoms with van der Waals surface area (Å²) in [6, 6.07) is 17.9. The third-order valence-electron chi connectivity index (χ3n) is 4.44.